The van der Waals surface area contributed by atoms with Crippen molar-refractivity contribution in [2.45, 2.75) is 26.2 Å². The minimum absolute atomic E-state index is 0.608. The van der Waals surface area contributed by atoms with E-state index < -0.39 is 0 Å². The molecule has 1 fully saturated rings. The van der Waals surface area contributed by atoms with Crippen LogP contribution in [0.5, 0.6) is 0 Å². The van der Waals surface area contributed by atoms with Crippen molar-refractivity contribution in [1.82, 2.24) is 5.32 Å². The van der Waals surface area contributed by atoms with Gasteiger partial charge in [-0.2, -0.15) is 0 Å². The third-order valence-electron chi connectivity index (χ3n) is 3.47. The molecule has 0 radical (unpaired) electrons. The van der Waals surface area contributed by atoms with Crippen LogP contribution in [0.25, 0.3) is 0 Å². The minimum atomic E-state index is 0.608. The summed E-state index contributed by atoms with van der Waals surface area (Å²) in [5.74, 6) is 1.52. The van der Waals surface area contributed by atoms with Gasteiger partial charge in [-0.05, 0) is 49.8 Å². The molecule has 1 N–H and O–H groups in total. The normalized spacial score (nSPS) is 29.9. The Bertz CT molecular complexity index is 280. The molecule has 0 aromatic rings. The van der Waals surface area contributed by atoms with Crippen LogP contribution in [-0.4, -0.2) is 13.1 Å². The maximum absolute atomic E-state index is 3.42. The SMILES string of the molecule is CC1C=CC=CC1=CCC1CCNCC1. The minimum Gasteiger partial charge on any atom is -0.317 e. The molecule has 0 bridgehead atoms. The summed E-state index contributed by atoms with van der Waals surface area (Å²) >= 11 is 0. The quantitative estimate of drug-likeness (QED) is 0.727. The van der Waals surface area contributed by atoms with Crippen LogP contribution >= 0.6 is 0 Å². The molecule has 1 heteroatoms. The van der Waals surface area contributed by atoms with Crippen molar-refractivity contribution in [1.29, 1.82) is 0 Å². The van der Waals surface area contributed by atoms with Crippen molar-refractivity contribution < 1.29 is 0 Å². The van der Waals surface area contributed by atoms with E-state index in [-0.39, 0.29) is 0 Å². The summed E-state index contributed by atoms with van der Waals surface area (Å²) < 4.78 is 0. The highest BCUT2D eigenvalue weighted by Gasteiger charge is 2.12. The summed E-state index contributed by atoms with van der Waals surface area (Å²) in [6, 6.07) is 0. The van der Waals surface area contributed by atoms with Gasteiger partial charge in [0.15, 0.2) is 0 Å². The Morgan fingerprint density at radius 1 is 1.33 bits per heavy atom. The molecular formula is C14H21N. The van der Waals surface area contributed by atoms with Crippen molar-refractivity contribution in [3.05, 3.63) is 36.0 Å². The molecule has 2 aliphatic rings. The molecule has 0 spiro atoms. The van der Waals surface area contributed by atoms with Gasteiger partial charge in [0, 0.05) is 0 Å². The molecule has 1 heterocycles. The van der Waals surface area contributed by atoms with Crippen LogP contribution in [0, 0.1) is 11.8 Å². The second-order valence-corrected chi connectivity index (χ2v) is 4.67. The van der Waals surface area contributed by atoms with Gasteiger partial charge in [-0.15, -0.1) is 0 Å². The van der Waals surface area contributed by atoms with E-state index in [0.29, 0.717) is 5.92 Å². The first-order valence-electron chi connectivity index (χ1n) is 6.12. The maximum Gasteiger partial charge on any atom is -0.00105 e. The Kier molecular flexibility index (Phi) is 3.79. The Morgan fingerprint density at radius 2 is 2.13 bits per heavy atom. The van der Waals surface area contributed by atoms with Crippen molar-refractivity contribution in [2.24, 2.45) is 11.8 Å². The van der Waals surface area contributed by atoms with Crippen LogP contribution < -0.4 is 5.32 Å². The molecule has 1 aliphatic carbocycles. The van der Waals surface area contributed by atoms with Gasteiger partial charge >= 0.3 is 0 Å². The van der Waals surface area contributed by atoms with Crippen LogP contribution in [-0.2, 0) is 0 Å². The van der Waals surface area contributed by atoms with E-state index in [9.17, 15) is 0 Å². The van der Waals surface area contributed by atoms with E-state index in [1.54, 1.807) is 0 Å². The summed E-state index contributed by atoms with van der Waals surface area (Å²) in [7, 11) is 0. The molecule has 0 aromatic heterocycles. The lowest BCUT2D eigenvalue weighted by Gasteiger charge is -2.22. The summed E-state index contributed by atoms with van der Waals surface area (Å²) in [6.45, 7) is 4.69. The van der Waals surface area contributed by atoms with Gasteiger partial charge in [-0.3, -0.25) is 0 Å². The third-order valence-corrected chi connectivity index (χ3v) is 3.47. The fourth-order valence-electron chi connectivity index (χ4n) is 2.33. The predicted octanol–water partition coefficient (Wildman–Crippen LogP) is 3.06. The number of nitrogens with one attached hydrogen (secondary N) is 1. The zero-order chi connectivity index (χ0) is 10.5. The largest absolute Gasteiger partial charge is 0.317 e. The monoisotopic (exact) mass is 203 g/mol. The van der Waals surface area contributed by atoms with Gasteiger partial charge in [0.05, 0.1) is 0 Å². The molecule has 1 nitrogen and oxygen atoms in total. The highest BCUT2D eigenvalue weighted by Crippen LogP contribution is 2.22. The van der Waals surface area contributed by atoms with E-state index in [1.165, 1.54) is 37.9 Å². The van der Waals surface area contributed by atoms with Gasteiger partial charge in [0.2, 0.25) is 0 Å². The van der Waals surface area contributed by atoms with Crippen LogP contribution in [0.2, 0.25) is 0 Å². The van der Waals surface area contributed by atoms with Crippen molar-refractivity contribution in [2.75, 3.05) is 13.1 Å². The summed E-state index contributed by atoms with van der Waals surface area (Å²) in [6.07, 6.45) is 15.2. The van der Waals surface area contributed by atoms with Crippen molar-refractivity contribution >= 4 is 0 Å². The highest BCUT2D eigenvalue weighted by atomic mass is 14.9. The van der Waals surface area contributed by atoms with E-state index >= 15 is 0 Å². The van der Waals surface area contributed by atoms with Gasteiger partial charge in [-0.1, -0.05) is 37.3 Å². The summed E-state index contributed by atoms with van der Waals surface area (Å²) in [4.78, 5) is 0. The van der Waals surface area contributed by atoms with Crippen LogP contribution in [0.4, 0.5) is 0 Å². The fraction of sp³-hybridized carbons (Fsp3) is 0.571. The second-order valence-electron chi connectivity index (χ2n) is 4.67. The number of hydrogen-bond donors (Lipinski definition) is 1. The van der Waals surface area contributed by atoms with Gasteiger partial charge in [0.25, 0.3) is 0 Å². The molecule has 0 aromatic carbocycles. The molecule has 0 amide bonds. The smallest absolute Gasteiger partial charge is 0.00105 e. The zero-order valence-electron chi connectivity index (χ0n) is 9.58. The van der Waals surface area contributed by atoms with E-state index in [4.69, 9.17) is 0 Å². The average molecular weight is 203 g/mol. The zero-order valence-corrected chi connectivity index (χ0v) is 9.58. The predicted molar refractivity (Wildman–Crippen MR) is 65.7 cm³/mol. The Morgan fingerprint density at radius 3 is 2.87 bits per heavy atom. The molecule has 2 rings (SSSR count). The van der Waals surface area contributed by atoms with E-state index in [0.717, 1.165) is 5.92 Å². The topological polar surface area (TPSA) is 12.0 Å². The van der Waals surface area contributed by atoms with Crippen LogP contribution in [0.15, 0.2) is 36.0 Å². The number of rotatable bonds is 2. The Hall–Kier alpha value is -0.820. The first-order valence-corrected chi connectivity index (χ1v) is 6.12. The number of allylic oxidation sites excluding steroid dienone is 6. The molecule has 1 unspecified atom stereocenters. The average Bonchev–Trinajstić information content (AvgIpc) is 2.29. The molecule has 1 saturated heterocycles. The van der Waals surface area contributed by atoms with Gasteiger partial charge in [-0.25, -0.2) is 0 Å². The van der Waals surface area contributed by atoms with Gasteiger partial charge in [0.1, 0.15) is 0 Å². The molecule has 15 heavy (non-hydrogen) atoms. The van der Waals surface area contributed by atoms with E-state index in [1.807, 2.05) is 0 Å². The maximum atomic E-state index is 3.42. The van der Waals surface area contributed by atoms with Crippen LogP contribution in [0.1, 0.15) is 26.2 Å². The van der Waals surface area contributed by atoms with Crippen molar-refractivity contribution in [3.8, 4) is 0 Å². The second kappa shape index (κ2) is 5.32. The standard InChI is InChI=1S/C14H21N/c1-12-4-2-3-5-14(12)7-6-13-8-10-15-11-9-13/h2-5,7,12-13,15H,6,8-11H2,1H3. The first-order chi connectivity index (χ1) is 7.36. The lowest BCUT2D eigenvalue weighted by atomic mass is 9.90. The third kappa shape index (κ3) is 3.07. The molecule has 1 aliphatic heterocycles. The van der Waals surface area contributed by atoms with E-state index in [2.05, 4.69) is 42.6 Å². The highest BCUT2D eigenvalue weighted by molar-refractivity contribution is 5.32. The van der Waals surface area contributed by atoms with Crippen LogP contribution in [0.3, 0.4) is 0 Å². The molecular weight excluding hydrogens is 182 g/mol. The molecule has 1 atom stereocenters. The lowest BCUT2D eigenvalue weighted by Crippen LogP contribution is -2.27. The van der Waals surface area contributed by atoms with Crippen molar-refractivity contribution in [3.63, 3.8) is 0 Å². The lowest BCUT2D eigenvalue weighted by molar-refractivity contribution is 0.377. The summed E-state index contributed by atoms with van der Waals surface area (Å²) in [5.41, 5.74) is 1.50. The van der Waals surface area contributed by atoms with Gasteiger partial charge < -0.3 is 5.32 Å². The number of piperidine rings is 1. The first kappa shape index (κ1) is 10.7. The number of hydrogen-bond acceptors (Lipinski definition) is 1. The molecule has 0 saturated carbocycles. The Balaban J connectivity index is 1.87. The molecule has 82 valence electrons. The summed E-state index contributed by atoms with van der Waals surface area (Å²) in [5, 5.41) is 3.42. The Labute approximate surface area is 93.0 Å². The fourth-order valence-corrected chi connectivity index (χ4v) is 2.33.